The molecule has 2 heterocycles. The summed E-state index contributed by atoms with van der Waals surface area (Å²) in [5.74, 6) is 0.207. The fraction of sp³-hybridized carbons (Fsp3) is 0.688. The SMILES string of the molecule is Cc1ccsc1CCNC(=O)CC[C@@H]1CCCCN1C. The molecule has 1 fully saturated rings. The van der Waals surface area contributed by atoms with Crippen LogP contribution >= 0.6 is 11.3 Å². The van der Waals surface area contributed by atoms with Gasteiger partial charge in [0.15, 0.2) is 0 Å². The van der Waals surface area contributed by atoms with Crippen LogP contribution < -0.4 is 5.32 Å². The lowest BCUT2D eigenvalue weighted by Gasteiger charge is -2.32. The van der Waals surface area contributed by atoms with Crippen LogP contribution in [-0.2, 0) is 11.2 Å². The van der Waals surface area contributed by atoms with E-state index in [4.69, 9.17) is 0 Å². The number of hydrogen-bond acceptors (Lipinski definition) is 3. The first-order valence-corrected chi connectivity index (χ1v) is 8.54. The Hall–Kier alpha value is -0.870. The Labute approximate surface area is 126 Å². The Morgan fingerprint density at radius 1 is 1.50 bits per heavy atom. The molecule has 0 aliphatic carbocycles. The van der Waals surface area contributed by atoms with E-state index in [9.17, 15) is 4.79 Å². The molecule has 20 heavy (non-hydrogen) atoms. The molecule has 0 radical (unpaired) electrons. The second-order valence-corrected chi connectivity index (χ2v) is 6.80. The highest BCUT2D eigenvalue weighted by molar-refractivity contribution is 7.10. The number of amides is 1. The van der Waals surface area contributed by atoms with Crippen molar-refractivity contribution >= 4 is 17.2 Å². The van der Waals surface area contributed by atoms with Gasteiger partial charge in [-0.15, -0.1) is 11.3 Å². The highest BCUT2D eigenvalue weighted by Crippen LogP contribution is 2.19. The summed E-state index contributed by atoms with van der Waals surface area (Å²) < 4.78 is 0. The van der Waals surface area contributed by atoms with Gasteiger partial charge in [0.05, 0.1) is 0 Å². The Kier molecular flexibility index (Phi) is 6.05. The van der Waals surface area contributed by atoms with Crippen molar-refractivity contribution < 1.29 is 4.79 Å². The quantitative estimate of drug-likeness (QED) is 0.875. The largest absolute Gasteiger partial charge is 0.356 e. The highest BCUT2D eigenvalue weighted by Gasteiger charge is 2.19. The van der Waals surface area contributed by atoms with E-state index in [0.717, 1.165) is 19.4 Å². The summed E-state index contributed by atoms with van der Waals surface area (Å²) in [7, 11) is 2.18. The molecular weight excluding hydrogens is 268 g/mol. The minimum absolute atomic E-state index is 0.207. The number of carbonyl (C=O) groups excluding carboxylic acids is 1. The van der Waals surface area contributed by atoms with Crippen LogP contribution in [0.25, 0.3) is 0 Å². The summed E-state index contributed by atoms with van der Waals surface area (Å²) in [4.78, 5) is 15.7. The zero-order valence-electron chi connectivity index (χ0n) is 12.7. The molecule has 112 valence electrons. The number of hydrogen-bond donors (Lipinski definition) is 1. The lowest BCUT2D eigenvalue weighted by atomic mass is 9.98. The van der Waals surface area contributed by atoms with E-state index in [-0.39, 0.29) is 5.91 Å². The Bertz CT molecular complexity index is 430. The summed E-state index contributed by atoms with van der Waals surface area (Å²) in [5.41, 5.74) is 1.34. The first-order chi connectivity index (χ1) is 9.66. The fourth-order valence-electron chi connectivity index (χ4n) is 2.87. The van der Waals surface area contributed by atoms with Crippen LogP contribution in [0, 0.1) is 6.92 Å². The smallest absolute Gasteiger partial charge is 0.220 e. The molecule has 4 heteroatoms. The summed E-state index contributed by atoms with van der Waals surface area (Å²) in [6, 6.07) is 2.75. The van der Waals surface area contributed by atoms with Crippen molar-refractivity contribution in [3.63, 3.8) is 0 Å². The number of nitrogens with zero attached hydrogens (tertiary/aromatic N) is 1. The minimum atomic E-state index is 0.207. The van der Waals surface area contributed by atoms with E-state index in [2.05, 4.69) is 35.6 Å². The molecular formula is C16H26N2OS. The normalized spacial score (nSPS) is 20.0. The second-order valence-electron chi connectivity index (χ2n) is 5.80. The molecule has 0 unspecified atom stereocenters. The fourth-order valence-corrected chi connectivity index (χ4v) is 3.78. The van der Waals surface area contributed by atoms with Crippen LogP contribution in [0.4, 0.5) is 0 Å². The zero-order valence-corrected chi connectivity index (χ0v) is 13.5. The highest BCUT2D eigenvalue weighted by atomic mass is 32.1. The van der Waals surface area contributed by atoms with Crippen molar-refractivity contribution in [1.29, 1.82) is 0 Å². The lowest BCUT2D eigenvalue weighted by Crippen LogP contribution is -2.37. The standard InChI is InChI=1S/C16H26N2OS/c1-13-9-12-20-15(13)8-10-17-16(19)7-6-14-5-3-4-11-18(14)2/h9,12,14H,3-8,10-11H2,1-2H3,(H,17,19)/t14-/m0/s1. The molecule has 0 bridgehead atoms. The summed E-state index contributed by atoms with van der Waals surface area (Å²) >= 11 is 1.78. The number of piperidine rings is 1. The molecule has 0 aromatic carbocycles. The lowest BCUT2D eigenvalue weighted by molar-refractivity contribution is -0.121. The number of rotatable bonds is 6. The first-order valence-electron chi connectivity index (χ1n) is 7.66. The minimum Gasteiger partial charge on any atom is -0.356 e. The predicted molar refractivity (Wildman–Crippen MR) is 85.3 cm³/mol. The van der Waals surface area contributed by atoms with Crippen molar-refractivity contribution in [1.82, 2.24) is 10.2 Å². The van der Waals surface area contributed by atoms with Gasteiger partial charge in [-0.05, 0) is 63.2 Å². The Morgan fingerprint density at radius 3 is 3.05 bits per heavy atom. The van der Waals surface area contributed by atoms with Gasteiger partial charge in [0, 0.05) is 23.9 Å². The summed E-state index contributed by atoms with van der Waals surface area (Å²) in [6.45, 7) is 4.08. The molecule has 1 aromatic heterocycles. The van der Waals surface area contributed by atoms with Gasteiger partial charge < -0.3 is 10.2 Å². The third-order valence-corrected chi connectivity index (χ3v) is 5.35. The van der Waals surface area contributed by atoms with E-state index >= 15 is 0 Å². The van der Waals surface area contributed by atoms with Crippen molar-refractivity contribution in [2.75, 3.05) is 20.1 Å². The monoisotopic (exact) mass is 294 g/mol. The van der Waals surface area contributed by atoms with Crippen LogP contribution in [0.1, 0.15) is 42.5 Å². The van der Waals surface area contributed by atoms with Crippen LogP contribution in [0.5, 0.6) is 0 Å². The zero-order chi connectivity index (χ0) is 14.4. The first kappa shape index (κ1) is 15.5. The molecule has 1 N–H and O–H groups in total. The molecule has 2 rings (SSSR count). The number of nitrogens with one attached hydrogen (secondary N) is 1. The van der Waals surface area contributed by atoms with Gasteiger partial charge in [0.25, 0.3) is 0 Å². The summed E-state index contributed by atoms with van der Waals surface area (Å²) in [6.07, 6.45) is 6.49. The van der Waals surface area contributed by atoms with Crippen LogP contribution in [0.15, 0.2) is 11.4 Å². The molecule has 1 aliphatic heterocycles. The molecule has 1 aromatic rings. The van der Waals surface area contributed by atoms with Gasteiger partial charge in [0.2, 0.25) is 5.91 Å². The molecule has 0 saturated carbocycles. The maximum Gasteiger partial charge on any atom is 0.220 e. The van der Waals surface area contributed by atoms with Gasteiger partial charge in [-0.1, -0.05) is 6.42 Å². The number of aryl methyl sites for hydroxylation is 1. The van der Waals surface area contributed by atoms with E-state index < -0.39 is 0 Å². The van der Waals surface area contributed by atoms with E-state index in [0.29, 0.717) is 12.5 Å². The molecule has 1 atom stereocenters. The second kappa shape index (κ2) is 7.79. The molecule has 3 nitrogen and oxygen atoms in total. The molecule has 1 aliphatic rings. The van der Waals surface area contributed by atoms with Gasteiger partial charge >= 0.3 is 0 Å². The van der Waals surface area contributed by atoms with E-state index in [1.165, 1.54) is 36.2 Å². The number of thiophene rings is 1. The van der Waals surface area contributed by atoms with E-state index in [1.807, 2.05) is 0 Å². The maximum atomic E-state index is 11.9. The van der Waals surface area contributed by atoms with Gasteiger partial charge in [-0.25, -0.2) is 0 Å². The topological polar surface area (TPSA) is 32.3 Å². The molecule has 1 saturated heterocycles. The van der Waals surface area contributed by atoms with Crippen LogP contribution in [0.2, 0.25) is 0 Å². The Balaban J connectivity index is 1.62. The van der Waals surface area contributed by atoms with Crippen molar-refractivity contribution in [3.05, 3.63) is 21.9 Å². The molecule has 1 amide bonds. The number of carbonyl (C=O) groups is 1. The van der Waals surface area contributed by atoms with Gasteiger partial charge in [-0.3, -0.25) is 4.79 Å². The third kappa shape index (κ3) is 4.60. The average Bonchev–Trinajstić information content (AvgIpc) is 2.84. The van der Waals surface area contributed by atoms with Crippen molar-refractivity contribution in [2.45, 2.75) is 51.5 Å². The van der Waals surface area contributed by atoms with Gasteiger partial charge in [-0.2, -0.15) is 0 Å². The number of likely N-dealkylation sites (tertiary alicyclic amines) is 1. The summed E-state index contributed by atoms with van der Waals surface area (Å²) in [5, 5.41) is 5.17. The Morgan fingerprint density at radius 2 is 2.35 bits per heavy atom. The van der Waals surface area contributed by atoms with E-state index in [1.54, 1.807) is 11.3 Å². The van der Waals surface area contributed by atoms with Crippen LogP contribution in [-0.4, -0.2) is 37.0 Å². The maximum absolute atomic E-state index is 11.9. The third-order valence-electron chi connectivity index (χ3n) is 4.27. The predicted octanol–water partition coefficient (Wildman–Crippen LogP) is 2.98. The molecule has 0 spiro atoms. The van der Waals surface area contributed by atoms with Crippen molar-refractivity contribution in [2.24, 2.45) is 0 Å². The van der Waals surface area contributed by atoms with Gasteiger partial charge in [0.1, 0.15) is 0 Å². The van der Waals surface area contributed by atoms with Crippen molar-refractivity contribution in [3.8, 4) is 0 Å². The van der Waals surface area contributed by atoms with Crippen LogP contribution in [0.3, 0.4) is 0 Å². The average molecular weight is 294 g/mol.